The molecule has 1 aliphatic heterocycles. The maximum Gasteiger partial charge on any atom is 0.323 e. The molecule has 1 fully saturated rings. The number of rotatable bonds is 3. The SMILES string of the molecule is C[C@@H]1[C@H](O)CCCN1C(=O)c1ccc(NC(=O)Nc2ccccc2)cc1. The van der Waals surface area contributed by atoms with Gasteiger partial charge in [-0.2, -0.15) is 0 Å². The Balaban J connectivity index is 1.61. The number of nitrogens with one attached hydrogen (secondary N) is 2. The van der Waals surface area contributed by atoms with Gasteiger partial charge in [-0.3, -0.25) is 4.79 Å². The summed E-state index contributed by atoms with van der Waals surface area (Å²) >= 11 is 0. The number of anilines is 2. The van der Waals surface area contributed by atoms with Crippen LogP contribution in [0.3, 0.4) is 0 Å². The van der Waals surface area contributed by atoms with Gasteiger partial charge in [0.15, 0.2) is 0 Å². The molecule has 2 aromatic rings. The molecule has 1 heterocycles. The van der Waals surface area contributed by atoms with Gasteiger partial charge in [0.05, 0.1) is 12.1 Å². The summed E-state index contributed by atoms with van der Waals surface area (Å²) in [5, 5.41) is 15.4. The number of aliphatic hydroxyl groups excluding tert-OH is 1. The van der Waals surface area contributed by atoms with Crippen LogP contribution in [0.1, 0.15) is 30.1 Å². The van der Waals surface area contributed by atoms with Gasteiger partial charge in [0.1, 0.15) is 0 Å². The van der Waals surface area contributed by atoms with Crippen LogP contribution in [0, 0.1) is 0 Å². The van der Waals surface area contributed by atoms with Gasteiger partial charge in [-0.25, -0.2) is 4.79 Å². The number of hydrogen-bond acceptors (Lipinski definition) is 3. The molecule has 0 radical (unpaired) electrons. The third kappa shape index (κ3) is 4.21. The van der Waals surface area contributed by atoms with Crippen LogP contribution in [0.25, 0.3) is 0 Å². The molecule has 6 heteroatoms. The highest BCUT2D eigenvalue weighted by Gasteiger charge is 2.30. The second kappa shape index (κ2) is 8.01. The van der Waals surface area contributed by atoms with Gasteiger partial charge < -0.3 is 20.6 Å². The predicted octanol–water partition coefficient (Wildman–Crippen LogP) is 3.32. The van der Waals surface area contributed by atoms with Crippen LogP contribution in [-0.2, 0) is 0 Å². The van der Waals surface area contributed by atoms with Crippen LogP contribution in [0.2, 0.25) is 0 Å². The summed E-state index contributed by atoms with van der Waals surface area (Å²) in [6.45, 7) is 2.52. The zero-order valence-electron chi connectivity index (χ0n) is 14.7. The van der Waals surface area contributed by atoms with Gasteiger partial charge in [-0.05, 0) is 56.2 Å². The molecule has 3 rings (SSSR count). The number of para-hydroxylation sites is 1. The minimum atomic E-state index is -0.477. The van der Waals surface area contributed by atoms with Crippen molar-refractivity contribution in [3.8, 4) is 0 Å². The first kappa shape index (κ1) is 17.9. The van der Waals surface area contributed by atoms with Crippen LogP contribution < -0.4 is 10.6 Å². The van der Waals surface area contributed by atoms with E-state index < -0.39 is 6.10 Å². The van der Waals surface area contributed by atoms with Crippen molar-refractivity contribution < 1.29 is 14.7 Å². The molecule has 0 aliphatic carbocycles. The lowest BCUT2D eigenvalue weighted by atomic mass is 9.99. The second-order valence-electron chi connectivity index (χ2n) is 6.47. The summed E-state index contributed by atoms with van der Waals surface area (Å²) in [7, 11) is 0. The van der Waals surface area contributed by atoms with Crippen LogP contribution in [0.4, 0.5) is 16.2 Å². The number of urea groups is 1. The summed E-state index contributed by atoms with van der Waals surface area (Å²) < 4.78 is 0. The average Bonchev–Trinajstić information content (AvgIpc) is 2.65. The topological polar surface area (TPSA) is 81.7 Å². The Kier molecular flexibility index (Phi) is 5.53. The molecule has 0 bridgehead atoms. The molecule has 0 unspecified atom stereocenters. The molecule has 0 saturated carbocycles. The molecule has 6 nitrogen and oxygen atoms in total. The molecule has 2 aromatic carbocycles. The van der Waals surface area contributed by atoms with Gasteiger partial charge >= 0.3 is 6.03 Å². The Morgan fingerprint density at radius 3 is 2.27 bits per heavy atom. The first-order valence-corrected chi connectivity index (χ1v) is 8.77. The lowest BCUT2D eigenvalue weighted by molar-refractivity contribution is 0.0181. The van der Waals surface area contributed by atoms with Gasteiger partial charge in [0.25, 0.3) is 5.91 Å². The van der Waals surface area contributed by atoms with Crippen molar-refractivity contribution in [2.24, 2.45) is 0 Å². The van der Waals surface area contributed by atoms with E-state index in [1.807, 2.05) is 25.1 Å². The quantitative estimate of drug-likeness (QED) is 0.792. The van der Waals surface area contributed by atoms with E-state index in [2.05, 4.69) is 10.6 Å². The maximum absolute atomic E-state index is 12.6. The van der Waals surface area contributed by atoms with E-state index in [4.69, 9.17) is 0 Å². The maximum atomic E-state index is 12.6. The zero-order chi connectivity index (χ0) is 18.5. The van der Waals surface area contributed by atoms with E-state index in [0.29, 0.717) is 23.5 Å². The summed E-state index contributed by atoms with van der Waals surface area (Å²) in [6, 6.07) is 15.4. The Morgan fingerprint density at radius 1 is 1.00 bits per heavy atom. The fourth-order valence-electron chi connectivity index (χ4n) is 3.09. The normalized spacial score (nSPS) is 19.7. The van der Waals surface area contributed by atoms with Crippen molar-refractivity contribution in [3.05, 3.63) is 60.2 Å². The third-order valence-electron chi connectivity index (χ3n) is 4.63. The van der Waals surface area contributed by atoms with Gasteiger partial charge in [0, 0.05) is 23.5 Å². The smallest absolute Gasteiger partial charge is 0.323 e. The summed E-state index contributed by atoms with van der Waals surface area (Å²) in [6.07, 6.45) is 1.05. The number of carbonyl (C=O) groups excluding carboxylic acids is 2. The molecular weight excluding hydrogens is 330 g/mol. The van der Waals surface area contributed by atoms with E-state index in [1.165, 1.54) is 0 Å². The lowest BCUT2D eigenvalue weighted by Gasteiger charge is -2.37. The number of hydrogen-bond donors (Lipinski definition) is 3. The van der Waals surface area contributed by atoms with E-state index in [-0.39, 0.29) is 18.0 Å². The molecule has 136 valence electrons. The first-order chi connectivity index (χ1) is 12.5. The summed E-state index contributed by atoms with van der Waals surface area (Å²) in [5.41, 5.74) is 1.84. The van der Waals surface area contributed by atoms with Crippen molar-refractivity contribution >= 4 is 23.3 Å². The van der Waals surface area contributed by atoms with Gasteiger partial charge in [-0.1, -0.05) is 18.2 Å². The molecular formula is C20H23N3O3. The molecule has 1 saturated heterocycles. The Hall–Kier alpha value is -2.86. The van der Waals surface area contributed by atoms with Crippen LogP contribution >= 0.6 is 0 Å². The highest BCUT2D eigenvalue weighted by molar-refractivity contribution is 6.00. The number of carbonyl (C=O) groups is 2. The Morgan fingerprint density at radius 2 is 1.62 bits per heavy atom. The second-order valence-corrected chi connectivity index (χ2v) is 6.47. The van der Waals surface area contributed by atoms with Crippen molar-refractivity contribution in [2.75, 3.05) is 17.2 Å². The number of aliphatic hydroxyl groups is 1. The molecule has 0 aromatic heterocycles. The minimum Gasteiger partial charge on any atom is -0.391 e. The molecule has 3 amide bonds. The van der Waals surface area contributed by atoms with Gasteiger partial charge in [-0.15, -0.1) is 0 Å². The standard InChI is InChI=1S/C20H23N3O3/c1-14-18(24)8-5-13-23(14)19(25)15-9-11-17(12-10-15)22-20(26)21-16-6-3-2-4-7-16/h2-4,6-7,9-12,14,18,24H,5,8,13H2,1H3,(H2,21,22,26)/t14-,18-/m1/s1. The van der Waals surface area contributed by atoms with Crippen molar-refractivity contribution in [2.45, 2.75) is 31.9 Å². The van der Waals surface area contributed by atoms with Crippen LogP contribution in [0.5, 0.6) is 0 Å². The molecule has 3 N–H and O–H groups in total. The minimum absolute atomic E-state index is 0.100. The van der Waals surface area contributed by atoms with E-state index >= 15 is 0 Å². The molecule has 1 aliphatic rings. The number of likely N-dealkylation sites (tertiary alicyclic amines) is 1. The average molecular weight is 353 g/mol. The summed E-state index contributed by atoms with van der Waals surface area (Å²) in [5.74, 6) is -0.100. The van der Waals surface area contributed by atoms with E-state index in [9.17, 15) is 14.7 Å². The summed E-state index contributed by atoms with van der Waals surface area (Å²) in [4.78, 5) is 26.4. The highest BCUT2D eigenvalue weighted by atomic mass is 16.3. The van der Waals surface area contributed by atoms with Crippen molar-refractivity contribution in [1.82, 2.24) is 4.90 Å². The van der Waals surface area contributed by atoms with E-state index in [0.717, 1.165) is 12.8 Å². The lowest BCUT2D eigenvalue weighted by Crippen LogP contribution is -2.49. The number of piperidine rings is 1. The Labute approximate surface area is 152 Å². The fraction of sp³-hybridized carbons (Fsp3) is 0.300. The Bertz CT molecular complexity index is 762. The monoisotopic (exact) mass is 353 g/mol. The van der Waals surface area contributed by atoms with E-state index in [1.54, 1.807) is 41.3 Å². The van der Waals surface area contributed by atoms with Crippen LogP contribution in [0.15, 0.2) is 54.6 Å². The third-order valence-corrected chi connectivity index (χ3v) is 4.63. The number of benzene rings is 2. The van der Waals surface area contributed by atoms with Crippen LogP contribution in [-0.4, -0.2) is 40.6 Å². The molecule has 2 atom stereocenters. The fourth-order valence-corrected chi connectivity index (χ4v) is 3.09. The van der Waals surface area contributed by atoms with Crippen molar-refractivity contribution in [1.29, 1.82) is 0 Å². The largest absolute Gasteiger partial charge is 0.391 e. The first-order valence-electron chi connectivity index (χ1n) is 8.77. The predicted molar refractivity (Wildman–Crippen MR) is 101 cm³/mol. The highest BCUT2D eigenvalue weighted by Crippen LogP contribution is 2.21. The molecule has 26 heavy (non-hydrogen) atoms. The number of amides is 3. The zero-order valence-corrected chi connectivity index (χ0v) is 14.7. The van der Waals surface area contributed by atoms with Crippen molar-refractivity contribution in [3.63, 3.8) is 0 Å². The number of nitrogens with zero attached hydrogens (tertiary/aromatic N) is 1. The molecule has 0 spiro atoms. The van der Waals surface area contributed by atoms with Gasteiger partial charge in [0.2, 0.25) is 0 Å².